The predicted molar refractivity (Wildman–Crippen MR) is 47.4 cm³/mol. The third-order valence-corrected chi connectivity index (χ3v) is 3.37. The summed E-state index contributed by atoms with van der Waals surface area (Å²) in [5, 5.41) is 8.83. The van der Waals surface area contributed by atoms with E-state index in [0.717, 1.165) is 0 Å². The molecule has 0 bridgehead atoms. The zero-order valence-electron chi connectivity index (χ0n) is 8.96. The van der Waals surface area contributed by atoms with Gasteiger partial charge in [-0.3, -0.25) is 4.79 Å². The highest BCUT2D eigenvalue weighted by Gasteiger charge is 2.69. The van der Waals surface area contributed by atoms with E-state index in [1.807, 2.05) is 0 Å². The summed E-state index contributed by atoms with van der Waals surface area (Å²) in [7, 11) is 0. The molecule has 2 saturated heterocycles. The Labute approximate surface area is 98.3 Å². The number of aliphatic carboxylic acids is 1. The number of nitrogens with zero attached hydrogens (tertiary/aromatic N) is 1. The average molecular weight is 271 g/mol. The van der Waals surface area contributed by atoms with Crippen LogP contribution >= 0.6 is 0 Å². The molecule has 2 heterocycles. The van der Waals surface area contributed by atoms with Crippen LogP contribution in [0, 0.1) is 5.41 Å². The van der Waals surface area contributed by atoms with Crippen LogP contribution in [0.1, 0.15) is 0 Å². The fourth-order valence-corrected chi connectivity index (χ4v) is 2.26. The second kappa shape index (κ2) is 3.56. The lowest BCUT2D eigenvalue weighted by Crippen LogP contribution is -2.60. The molecule has 1 spiro atoms. The maximum Gasteiger partial charge on any atom is 0.471 e. The van der Waals surface area contributed by atoms with E-state index in [2.05, 4.69) is 0 Å². The second-order valence-corrected chi connectivity index (χ2v) is 4.54. The van der Waals surface area contributed by atoms with E-state index >= 15 is 0 Å². The molecular formula is C9H9F4NO4. The minimum atomic E-state index is -5.14. The molecule has 0 aromatic heterocycles. The highest BCUT2D eigenvalue weighted by atomic mass is 19.4. The fourth-order valence-electron chi connectivity index (χ4n) is 2.26. The van der Waals surface area contributed by atoms with Crippen LogP contribution in [0.25, 0.3) is 0 Å². The van der Waals surface area contributed by atoms with Gasteiger partial charge in [-0.1, -0.05) is 0 Å². The number of carboxylic acids is 1. The second-order valence-electron chi connectivity index (χ2n) is 4.54. The van der Waals surface area contributed by atoms with Gasteiger partial charge in [-0.25, -0.2) is 9.18 Å². The summed E-state index contributed by atoms with van der Waals surface area (Å²) in [6, 6.07) is 0. The Kier molecular flexibility index (Phi) is 2.58. The molecule has 9 heteroatoms. The van der Waals surface area contributed by atoms with Gasteiger partial charge in [0.15, 0.2) is 0 Å². The minimum Gasteiger partial charge on any atom is -0.479 e. The lowest BCUT2D eigenvalue weighted by molar-refractivity contribution is -0.193. The van der Waals surface area contributed by atoms with Gasteiger partial charge < -0.3 is 14.7 Å². The first-order chi connectivity index (χ1) is 8.12. The van der Waals surface area contributed by atoms with Crippen molar-refractivity contribution in [2.24, 2.45) is 5.41 Å². The standard InChI is InChI=1S/C9H9F4NO4/c10-8(6(16)17)2-14(5(15)9(11,12)13)1-7(8)3-18-4-7/h1-4H2,(H,16,17). The largest absolute Gasteiger partial charge is 0.479 e. The predicted octanol–water partition coefficient (Wildman–Crippen LogP) is 0.200. The molecule has 2 aliphatic heterocycles. The third-order valence-electron chi connectivity index (χ3n) is 3.37. The number of hydrogen-bond donors (Lipinski definition) is 1. The van der Waals surface area contributed by atoms with E-state index in [1.165, 1.54) is 0 Å². The number of likely N-dealkylation sites (tertiary alicyclic amines) is 1. The maximum atomic E-state index is 14.3. The SMILES string of the molecule is O=C(N1CC2(COC2)C(F)(C(=O)O)C1)C(F)(F)F. The molecule has 1 unspecified atom stereocenters. The maximum absolute atomic E-state index is 14.3. The van der Waals surface area contributed by atoms with Crippen LogP contribution < -0.4 is 0 Å². The van der Waals surface area contributed by atoms with Crippen LogP contribution in [0.5, 0.6) is 0 Å². The van der Waals surface area contributed by atoms with Crippen molar-refractivity contribution in [3.63, 3.8) is 0 Å². The van der Waals surface area contributed by atoms with Crippen molar-refractivity contribution in [1.82, 2.24) is 4.90 Å². The Morgan fingerprint density at radius 2 is 1.78 bits per heavy atom. The van der Waals surface area contributed by atoms with Crippen LogP contribution in [-0.4, -0.2) is 60.0 Å². The topological polar surface area (TPSA) is 66.8 Å². The van der Waals surface area contributed by atoms with Crippen molar-refractivity contribution < 1.29 is 37.0 Å². The van der Waals surface area contributed by atoms with Crippen LogP contribution in [-0.2, 0) is 14.3 Å². The Morgan fingerprint density at radius 1 is 1.22 bits per heavy atom. The first-order valence-electron chi connectivity index (χ1n) is 4.99. The van der Waals surface area contributed by atoms with E-state index in [4.69, 9.17) is 9.84 Å². The molecule has 18 heavy (non-hydrogen) atoms. The first-order valence-corrected chi connectivity index (χ1v) is 4.99. The molecule has 2 fully saturated rings. The lowest BCUT2D eigenvalue weighted by Gasteiger charge is -2.43. The van der Waals surface area contributed by atoms with Gasteiger partial charge in [-0.15, -0.1) is 0 Å². The molecule has 0 aliphatic carbocycles. The molecule has 1 amide bonds. The summed E-state index contributed by atoms with van der Waals surface area (Å²) in [5.41, 5.74) is -4.47. The van der Waals surface area contributed by atoms with Gasteiger partial charge in [0.2, 0.25) is 5.67 Å². The monoisotopic (exact) mass is 271 g/mol. The summed E-state index contributed by atoms with van der Waals surface area (Å²) in [5.74, 6) is -4.10. The number of rotatable bonds is 1. The van der Waals surface area contributed by atoms with E-state index < -0.39 is 42.2 Å². The summed E-state index contributed by atoms with van der Waals surface area (Å²) in [6.07, 6.45) is -5.14. The van der Waals surface area contributed by atoms with Gasteiger partial charge in [-0.2, -0.15) is 13.2 Å². The van der Waals surface area contributed by atoms with Gasteiger partial charge in [0.1, 0.15) is 0 Å². The lowest BCUT2D eigenvalue weighted by atomic mass is 9.74. The van der Waals surface area contributed by atoms with E-state index in [9.17, 15) is 27.2 Å². The Hall–Kier alpha value is -1.38. The molecule has 0 saturated carbocycles. The number of halogens is 4. The quantitative estimate of drug-likeness (QED) is 0.692. The van der Waals surface area contributed by atoms with E-state index in [-0.39, 0.29) is 18.1 Å². The van der Waals surface area contributed by atoms with Crippen LogP contribution in [0.2, 0.25) is 0 Å². The summed E-state index contributed by atoms with van der Waals surface area (Å²) in [6.45, 7) is -2.33. The molecule has 0 radical (unpaired) electrons. The van der Waals surface area contributed by atoms with Gasteiger partial charge in [0.25, 0.3) is 0 Å². The van der Waals surface area contributed by atoms with Crippen LogP contribution in [0.3, 0.4) is 0 Å². The van der Waals surface area contributed by atoms with Gasteiger partial charge in [0, 0.05) is 6.54 Å². The number of carbonyl (C=O) groups is 2. The highest BCUT2D eigenvalue weighted by molar-refractivity contribution is 5.86. The number of amides is 1. The number of hydrogen-bond acceptors (Lipinski definition) is 3. The molecular weight excluding hydrogens is 262 g/mol. The molecule has 1 N–H and O–H groups in total. The highest BCUT2D eigenvalue weighted by Crippen LogP contribution is 2.48. The van der Waals surface area contributed by atoms with Gasteiger partial charge in [-0.05, 0) is 0 Å². The Bertz CT molecular complexity index is 406. The third kappa shape index (κ3) is 1.57. The normalized spacial score (nSPS) is 30.3. The Balaban J connectivity index is 2.27. The first kappa shape index (κ1) is 13.1. The average Bonchev–Trinajstić information content (AvgIpc) is 2.50. The summed E-state index contributed by atoms with van der Waals surface area (Å²) in [4.78, 5) is 22.1. The number of alkyl halides is 4. The summed E-state index contributed by atoms with van der Waals surface area (Å²) >= 11 is 0. The molecule has 2 rings (SSSR count). The van der Waals surface area contributed by atoms with Crippen molar-refractivity contribution in [3.05, 3.63) is 0 Å². The number of ether oxygens (including phenoxy) is 1. The molecule has 5 nitrogen and oxygen atoms in total. The van der Waals surface area contributed by atoms with Gasteiger partial charge >= 0.3 is 18.1 Å². The molecule has 0 aromatic rings. The van der Waals surface area contributed by atoms with Crippen molar-refractivity contribution in [2.75, 3.05) is 26.3 Å². The smallest absolute Gasteiger partial charge is 0.471 e. The van der Waals surface area contributed by atoms with Gasteiger partial charge in [0.05, 0.1) is 25.2 Å². The minimum absolute atomic E-state index is 0.191. The Morgan fingerprint density at radius 3 is 2.06 bits per heavy atom. The molecule has 0 aromatic carbocycles. The molecule has 1 atom stereocenters. The van der Waals surface area contributed by atoms with Crippen molar-refractivity contribution in [1.29, 1.82) is 0 Å². The van der Waals surface area contributed by atoms with Crippen LogP contribution in [0.4, 0.5) is 17.6 Å². The zero-order valence-corrected chi connectivity index (χ0v) is 8.96. The number of carbonyl (C=O) groups excluding carboxylic acids is 1. The van der Waals surface area contributed by atoms with Crippen molar-refractivity contribution >= 4 is 11.9 Å². The molecule has 102 valence electrons. The summed E-state index contributed by atoms with van der Waals surface area (Å²) < 4.78 is 55.7. The van der Waals surface area contributed by atoms with E-state index in [0.29, 0.717) is 0 Å². The number of carboxylic acid groups (broad SMARTS) is 1. The van der Waals surface area contributed by atoms with Crippen molar-refractivity contribution in [3.8, 4) is 0 Å². The molecule has 2 aliphatic rings. The fraction of sp³-hybridized carbons (Fsp3) is 0.778. The van der Waals surface area contributed by atoms with Crippen molar-refractivity contribution in [2.45, 2.75) is 11.8 Å². The zero-order chi connectivity index (χ0) is 13.8. The van der Waals surface area contributed by atoms with Crippen LogP contribution in [0.15, 0.2) is 0 Å². The van der Waals surface area contributed by atoms with E-state index in [1.54, 1.807) is 0 Å².